The second-order valence-corrected chi connectivity index (χ2v) is 10.6. The molecule has 0 bridgehead atoms. The molecule has 0 fully saturated rings. The van der Waals surface area contributed by atoms with Crippen LogP contribution in [0.5, 0.6) is 0 Å². The van der Waals surface area contributed by atoms with Gasteiger partial charge in [0, 0.05) is 5.57 Å². The highest BCUT2D eigenvalue weighted by molar-refractivity contribution is 6.74. The van der Waals surface area contributed by atoms with Crippen LogP contribution in [0.2, 0.25) is 19.6 Å². The number of rotatable bonds is 6. The van der Waals surface area contributed by atoms with Crippen molar-refractivity contribution in [3.63, 3.8) is 0 Å². The van der Waals surface area contributed by atoms with E-state index in [1.165, 1.54) is 0 Å². The predicted molar refractivity (Wildman–Crippen MR) is 68.0 cm³/mol. The van der Waals surface area contributed by atoms with Gasteiger partial charge in [-0.3, -0.25) is 0 Å². The van der Waals surface area contributed by atoms with Crippen LogP contribution in [0.1, 0.15) is 20.3 Å². The van der Waals surface area contributed by atoms with E-state index in [0.717, 1.165) is 6.42 Å². The summed E-state index contributed by atoms with van der Waals surface area (Å²) in [5.41, 5.74) is 2.62. The Labute approximate surface area is 95.9 Å². The number of ether oxygens (including phenoxy) is 1. The number of hydrogen-bond acceptors (Lipinski definition) is 3. The molecule has 0 unspecified atom stereocenters. The van der Waals surface area contributed by atoms with Crippen molar-refractivity contribution in [1.82, 2.24) is 0 Å². The van der Waals surface area contributed by atoms with Crippen LogP contribution in [0, 0.1) is 0 Å². The van der Waals surface area contributed by atoms with Gasteiger partial charge in [-0.15, -0.1) is 0 Å². The molecule has 15 heavy (non-hydrogen) atoms. The minimum Gasteiger partial charge on any atom is -0.462 e. The number of esters is 1. The second kappa shape index (κ2) is 6.97. The zero-order valence-electron chi connectivity index (χ0n) is 10.4. The summed E-state index contributed by atoms with van der Waals surface area (Å²) < 4.78 is 10.8. The van der Waals surface area contributed by atoms with E-state index < -0.39 is 18.1 Å². The molecular weight excluding hydrogens is 224 g/mol. The highest BCUT2D eigenvalue weighted by Gasteiger charge is 2.13. The molecule has 0 amide bonds. The summed E-state index contributed by atoms with van der Waals surface area (Å²) >= 11 is 0. The highest BCUT2D eigenvalue weighted by Crippen LogP contribution is 2.02. The SMILES string of the molecule is CCCOC(=O)C(C)=C[SiH2]O[Si](C)(C)C. The molecule has 0 aromatic carbocycles. The maximum Gasteiger partial charge on any atom is 0.333 e. The lowest BCUT2D eigenvalue weighted by atomic mass is 10.4. The molecule has 0 saturated heterocycles. The molecule has 0 aromatic heterocycles. The number of hydrogen-bond donors (Lipinski definition) is 0. The van der Waals surface area contributed by atoms with Gasteiger partial charge in [-0.1, -0.05) is 12.6 Å². The Balaban J connectivity index is 3.92. The average Bonchev–Trinajstić information content (AvgIpc) is 2.11. The minimum atomic E-state index is -1.42. The zero-order valence-corrected chi connectivity index (χ0v) is 12.8. The first-order valence-corrected chi connectivity index (χ1v) is 10.1. The van der Waals surface area contributed by atoms with Crippen LogP contribution in [-0.4, -0.2) is 30.7 Å². The summed E-state index contributed by atoms with van der Waals surface area (Å²) in [5.74, 6) is -0.205. The van der Waals surface area contributed by atoms with Crippen LogP contribution >= 0.6 is 0 Å². The quantitative estimate of drug-likeness (QED) is 0.407. The zero-order chi connectivity index (χ0) is 11.9. The first kappa shape index (κ1) is 14.6. The van der Waals surface area contributed by atoms with E-state index in [-0.39, 0.29) is 5.97 Å². The number of carbonyl (C=O) groups excluding carboxylic acids is 1. The van der Waals surface area contributed by atoms with Gasteiger partial charge < -0.3 is 8.85 Å². The Morgan fingerprint density at radius 1 is 1.40 bits per heavy atom. The maximum absolute atomic E-state index is 11.3. The fourth-order valence-electron chi connectivity index (χ4n) is 0.809. The van der Waals surface area contributed by atoms with Crippen molar-refractivity contribution in [2.45, 2.75) is 39.9 Å². The van der Waals surface area contributed by atoms with E-state index in [4.69, 9.17) is 8.85 Å². The van der Waals surface area contributed by atoms with E-state index >= 15 is 0 Å². The van der Waals surface area contributed by atoms with Crippen molar-refractivity contribution in [3.8, 4) is 0 Å². The predicted octanol–water partition coefficient (Wildman–Crippen LogP) is 1.78. The van der Waals surface area contributed by atoms with E-state index in [9.17, 15) is 4.79 Å². The summed E-state index contributed by atoms with van der Waals surface area (Å²) in [6, 6.07) is 0. The third kappa shape index (κ3) is 8.59. The molecule has 0 heterocycles. The third-order valence-electron chi connectivity index (χ3n) is 1.67. The summed E-state index contributed by atoms with van der Waals surface area (Å²) in [6.07, 6.45) is 0.863. The van der Waals surface area contributed by atoms with Crippen molar-refractivity contribution in [3.05, 3.63) is 11.3 Å². The lowest BCUT2D eigenvalue weighted by Gasteiger charge is -2.15. The maximum atomic E-state index is 11.3. The van der Waals surface area contributed by atoms with Gasteiger partial charge in [0.25, 0.3) is 0 Å². The molecule has 0 atom stereocenters. The number of carbonyl (C=O) groups is 1. The first-order chi connectivity index (χ1) is 6.87. The van der Waals surface area contributed by atoms with Crippen molar-refractivity contribution >= 4 is 24.0 Å². The van der Waals surface area contributed by atoms with Crippen LogP contribution in [0.4, 0.5) is 0 Å². The van der Waals surface area contributed by atoms with Crippen LogP contribution in [0.25, 0.3) is 0 Å². The lowest BCUT2D eigenvalue weighted by molar-refractivity contribution is -0.138. The summed E-state index contributed by atoms with van der Waals surface area (Å²) in [4.78, 5) is 11.3. The standard InChI is InChI=1S/C10H22O3Si2/c1-6-7-12-10(11)9(2)8-14-13-15(3,4)5/h8H,6-7,14H2,1-5H3. The fourth-order valence-corrected chi connectivity index (χ4v) is 3.56. The largest absolute Gasteiger partial charge is 0.462 e. The van der Waals surface area contributed by atoms with Crippen molar-refractivity contribution < 1.29 is 13.6 Å². The van der Waals surface area contributed by atoms with Gasteiger partial charge in [-0.25, -0.2) is 4.79 Å². The van der Waals surface area contributed by atoms with E-state index in [1.807, 2.05) is 12.6 Å². The average molecular weight is 246 g/mol. The van der Waals surface area contributed by atoms with Gasteiger partial charge in [-0.2, -0.15) is 0 Å². The van der Waals surface area contributed by atoms with Crippen molar-refractivity contribution in [1.29, 1.82) is 0 Å². The van der Waals surface area contributed by atoms with Crippen LogP contribution in [0.3, 0.4) is 0 Å². The molecule has 0 aliphatic heterocycles. The van der Waals surface area contributed by atoms with E-state index in [1.54, 1.807) is 6.92 Å². The van der Waals surface area contributed by atoms with E-state index in [2.05, 4.69) is 19.6 Å². The van der Waals surface area contributed by atoms with Gasteiger partial charge in [0.15, 0.2) is 18.1 Å². The molecular formula is C10H22O3Si2. The van der Waals surface area contributed by atoms with Crippen LogP contribution in [0.15, 0.2) is 11.3 Å². The highest BCUT2D eigenvalue weighted by atomic mass is 28.4. The van der Waals surface area contributed by atoms with Crippen molar-refractivity contribution in [2.24, 2.45) is 0 Å². The molecule has 0 saturated carbocycles. The summed E-state index contributed by atoms with van der Waals surface area (Å²) in [5, 5.41) is 0. The monoisotopic (exact) mass is 246 g/mol. The molecule has 0 aromatic rings. The first-order valence-electron chi connectivity index (χ1n) is 5.34. The molecule has 0 radical (unpaired) electrons. The third-order valence-corrected chi connectivity index (χ3v) is 6.57. The molecule has 0 aliphatic rings. The smallest absolute Gasteiger partial charge is 0.333 e. The molecule has 88 valence electrons. The van der Waals surface area contributed by atoms with Gasteiger partial charge >= 0.3 is 5.97 Å². The van der Waals surface area contributed by atoms with Gasteiger partial charge in [0.05, 0.1) is 6.61 Å². The normalized spacial score (nSPS) is 13.5. The topological polar surface area (TPSA) is 35.5 Å². The Kier molecular flexibility index (Phi) is 6.79. The summed E-state index contributed by atoms with van der Waals surface area (Å²) in [6.45, 7) is 10.7. The fraction of sp³-hybridized carbons (Fsp3) is 0.700. The Morgan fingerprint density at radius 3 is 2.47 bits per heavy atom. The molecule has 0 N–H and O–H groups in total. The second-order valence-electron chi connectivity index (χ2n) is 4.45. The van der Waals surface area contributed by atoms with Crippen LogP contribution in [-0.2, 0) is 13.6 Å². The molecule has 3 nitrogen and oxygen atoms in total. The Bertz CT molecular complexity index is 231. The Morgan fingerprint density at radius 2 is 2.00 bits per heavy atom. The van der Waals surface area contributed by atoms with Gasteiger partial charge in [0.2, 0.25) is 0 Å². The molecule has 0 aliphatic carbocycles. The van der Waals surface area contributed by atoms with Gasteiger partial charge in [0.1, 0.15) is 0 Å². The van der Waals surface area contributed by atoms with Crippen molar-refractivity contribution in [2.75, 3.05) is 6.61 Å². The molecule has 5 heteroatoms. The van der Waals surface area contributed by atoms with Crippen LogP contribution < -0.4 is 0 Å². The van der Waals surface area contributed by atoms with Gasteiger partial charge in [-0.05, 0) is 33.0 Å². The summed E-state index contributed by atoms with van der Waals surface area (Å²) in [7, 11) is -2.13. The molecule has 0 rings (SSSR count). The Hall–Kier alpha value is -0.396. The lowest BCUT2D eigenvalue weighted by Crippen LogP contribution is -2.27. The minimum absolute atomic E-state index is 0.205. The van der Waals surface area contributed by atoms with E-state index in [0.29, 0.717) is 12.2 Å². The molecule has 0 spiro atoms.